The van der Waals surface area contributed by atoms with Crippen molar-refractivity contribution in [3.63, 3.8) is 0 Å². The van der Waals surface area contributed by atoms with Gasteiger partial charge in [-0.1, -0.05) is 45.0 Å². The van der Waals surface area contributed by atoms with Gasteiger partial charge >= 0.3 is 0 Å². The van der Waals surface area contributed by atoms with Gasteiger partial charge in [0.25, 0.3) is 0 Å². The van der Waals surface area contributed by atoms with E-state index in [1.54, 1.807) is 11.3 Å². The molecule has 0 fully saturated rings. The highest BCUT2D eigenvalue weighted by atomic mass is 32.1. The predicted molar refractivity (Wildman–Crippen MR) is 115 cm³/mol. The Bertz CT molecular complexity index is 731. The third kappa shape index (κ3) is 6.96. The smallest absolute Gasteiger partial charge is 0.191 e. The van der Waals surface area contributed by atoms with Crippen molar-refractivity contribution in [1.82, 2.24) is 15.6 Å². The highest BCUT2D eigenvalue weighted by Crippen LogP contribution is 2.24. The molecule has 3 N–H and O–H groups in total. The van der Waals surface area contributed by atoms with Crippen LogP contribution in [0.15, 0.2) is 34.6 Å². The third-order valence-electron chi connectivity index (χ3n) is 4.27. The van der Waals surface area contributed by atoms with Crippen LogP contribution >= 0.6 is 11.3 Å². The summed E-state index contributed by atoms with van der Waals surface area (Å²) in [4.78, 5) is 8.99. The number of aliphatic hydroxyl groups excluding tert-OH is 1. The predicted octanol–water partition coefficient (Wildman–Crippen LogP) is 3.58. The van der Waals surface area contributed by atoms with Gasteiger partial charge in [-0.3, -0.25) is 4.99 Å². The number of aromatic nitrogens is 1. The van der Waals surface area contributed by atoms with Crippen LogP contribution < -0.4 is 10.6 Å². The lowest BCUT2D eigenvalue weighted by atomic mass is 9.86. The topological polar surface area (TPSA) is 69.5 Å². The van der Waals surface area contributed by atoms with Gasteiger partial charge in [0.05, 0.1) is 23.4 Å². The fourth-order valence-corrected chi connectivity index (χ4v) is 3.31. The number of guanidine groups is 1. The van der Waals surface area contributed by atoms with E-state index in [0.717, 1.165) is 41.7 Å². The van der Waals surface area contributed by atoms with Crippen molar-refractivity contribution in [1.29, 1.82) is 0 Å². The van der Waals surface area contributed by atoms with Crippen molar-refractivity contribution in [2.45, 2.75) is 52.6 Å². The molecule has 0 radical (unpaired) electrons. The summed E-state index contributed by atoms with van der Waals surface area (Å²) in [5.74, 6) is 0.717. The monoisotopic (exact) mass is 388 g/mol. The zero-order chi connectivity index (χ0) is 19.9. The number of rotatable bonds is 7. The Balaban J connectivity index is 1.90. The molecule has 0 aliphatic heterocycles. The average molecular weight is 389 g/mol. The zero-order valence-electron chi connectivity index (χ0n) is 17.0. The molecule has 0 aliphatic carbocycles. The number of hydrogen-bond donors (Lipinski definition) is 3. The van der Waals surface area contributed by atoms with Gasteiger partial charge in [0, 0.05) is 24.9 Å². The number of nitrogens with zero attached hydrogens (tertiary/aromatic N) is 2. The SMILES string of the molecule is CCNC(=NCC(O)c1ccc(C(C)(C)C)cc1)NCCc1csc(C)n1. The first-order valence-corrected chi connectivity index (χ1v) is 10.4. The van der Waals surface area contributed by atoms with Crippen molar-refractivity contribution in [3.05, 3.63) is 51.5 Å². The van der Waals surface area contributed by atoms with Crippen molar-refractivity contribution in [3.8, 4) is 0 Å². The maximum Gasteiger partial charge on any atom is 0.191 e. The fraction of sp³-hybridized carbons (Fsp3) is 0.524. The summed E-state index contributed by atoms with van der Waals surface area (Å²) in [6.45, 7) is 12.5. The number of nitrogens with one attached hydrogen (secondary N) is 2. The van der Waals surface area contributed by atoms with Gasteiger partial charge in [0.2, 0.25) is 0 Å². The summed E-state index contributed by atoms with van der Waals surface area (Å²) < 4.78 is 0. The van der Waals surface area contributed by atoms with Crippen LogP contribution in [0.3, 0.4) is 0 Å². The molecule has 2 rings (SSSR count). The first-order valence-electron chi connectivity index (χ1n) is 9.51. The molecular weight excluding hydrogens is 356 g/mol. The Hall–Kier alpha value is -1.92. The molecule has 1 atom stereocenters. The summed E-state index contributed by atoms with van der Waals surface area (Å²) in [6.07, 6.45) is 0.238. The Morgan fingerprint density at radius 3 is 2.48 bits per heavy atom. The lowest BCUT2D eigenvalue weighted by Gasteiger charge is -2.20. The van der Waals surface area contributed by atoms with E-state index in [2.05, 4.69) is 58.9 Å². The van der Waals surface area contributed by atoms with Crippen LogP contribution in [0.2, 0.25) is 0 Å². The quantitative estimate of drug-likeness (QED) is 0.501. The molecule has 0 spiro atoms. The number of benzene rings is 1. The van der Waals surface area contributed by atoms with Gasteiger partial charge in [-0.25, -0.2) is 4.98 Å². The van der Waals surface area contributed by atoms with E-state index in [-0.39, 0.29) is 5.41 Å². The van der Waals surface area contributed by atoms with E-state index in [0.29, 0.717) is 6.54 Å². The summed E-state index contributed by atoms with van der Waals surface area (Å²) in [5.41, 5.74) is 3.36. The Kier molecular flexibility index (Phi) is 7.80. The average Bonchev–Trinajstić information content (AvgIpc) is 3.04. The van der Waals surface area contributed by atoms with Crippen molar-refractivity contribution >= 4 is 17.3 Å². The maximum absolute atomic E-state index is 10.5. The van der Waals surface area contributed by atoms with Crippen molar-refractivity contribution in [2.24, 2.45) is 4.99 Å². The first kappa shape index (κ1) is 21.4. The van der Waals surface area contributed by atoms with Gasteiger partial charge in [0.1, 0.15) is 0 Å². The molecule has 1 unspecified atom stereocenters. The van der Waals surface area contributed by atoms with Gasteiger partial charge in [-0.15, -0.1) is 11.3 Å². The van der Waals surface area contributed by atoms with Crippen LogP contribution in [-0.2, 0) is 11.8 Å². The van der Waals surface area contributed by atoms with Crippen LogP contribution in [0, 0.1) is 6.92 Å². The number of aryl methyl sites for hydroxylation is 1. The molecule has 0 aliphatic rings. The van der Waals surface area contributed by atoms with Crippen LogP contribution in [0.5, 0.6) is 0 Å². The highest BCUT2D eigenvalue weighted by Gasteiger charge is 2.14. The summed E-state index contributed by atoms with van der Waals surface area (Å²) >= 11 is 1.67. The molecule has 6 heteroatoms. The molecule has 0 saturated heterocycles. The summed E-state index contributed by atoms with van der Waals surface area (Å²) in [7, 11) is 0. The molecule has 1 aromatic heterocycles. The minimum absolute atomic E-state index is 0.111. The number of aliphatic hydroxyl groups is 1. The largest absolute Gasteiger partial charge is 0.386 e. The molecule has 148 valence electrons. The van der Waals surface area contributed by atoms with Crippen LogP contribution in [0.1, 0.15) is 55.6 Å². The minimum atomic E-state index is -0.615. The minimum Gasteiger partial charge on any atom is -0.386 e. The standard InChI is InChI=1S/C21H32N4OS/c1-6-22-20(23-12-11-18-14-27-15(2)25-18)24-13-19(26)16-7-9-17(10-8-16)21(3,4)5/h7-10,14,19,26H,6,11-13H2,1-5H3,(H2,22,23,24). The Labute approximate surface area is 167 Å². The second kappa shape index (κ2) is 9.85. The van der Waals surface area contributed by atoms with E-state index in [1.165, 1.54) is 5.56 Å². The van der Waals surface area contributed by atoms with Gasteiger partial charge in [0.15, 0.2) is 5.96 Å². The maximum atomic E-state index is 10.5. The number of aliphatic imine (C=N–C) groups is 1. The molecular formula is C21H32N4OS. The lowest BCUT2D eigenvalue weighted by molar-refractivity contribution is 0.187. The number of hydrogen-bond acceptors (Lipinski definition) is 4. The van der Waals surface area contributed by atoms with Gasteiger partial charge < -0.3 is 15.7 Å². The summed E-state index contributed by atoms with van der Waals surface area (Å²) in [5, 5.41) is 20.2. The fourth-order valence-electron chi connectivity index (χ4n) is 2.66. The van der Waals surface area contributed by atoms with Crippen molar-refractivity contribution in [2.75, 3.05) is 19.6 Å². The highest BCUT2D eigenvalue weighted by molar-refractivity contribution is 7.09. The normalized spacial score (nSPS) is 13.5. The van der Waals surface area contributed by atoms with Gasteiger partial charge in [-0.05, 0) is 30.4 Å². The lowest BCUT2D eigenvalue weighted by Crippen LogP contribution is -2.38. The van der Waals surface area contributed by atoms with Gasteiger partial charge in [-0.2, -0.15) is 0 Å². The van der Waals surface area contributed by atoms with Crippen LogP contribution in [-0.4, -0.2) is 35.7 Å². The molecule has 0 amide bonds. The summed E-state index contributed by atoms with van der Waals surface area (Å²) in [6, 6.07) is 8.15. The number of thiazole rings is 1. The third-order valence-corrected chi connectivity index (χ3v) is 5.09. The molecule has 5 nitrogen and oxygen atoms in total. The zero-order valence-corrected chi connectivity index (χ0v) is 17.9. The van der Waals surface area contributed by atoms with Crippen molar-refractivity contribution < 1.29 is 5.11 Å². The second-order valence-electron chi connectivity index (χ2n) is 7.64. The molecule has 1 heterocycles. The van der Waals surface area contributed by atoms with E-state index in [1.807, 2.05) is 26.0 Å². The molecule has 1 aromatic carbocycles. The Morgan fingerprint density at radius 2 is 1.93 bits per heavy atom. The van der Waals surface area contributed by atoms with Crippen LogP contribution in [0.4, 0.5) is 0 Å². The van der Waals surface area contributed by atoms with E-state index >= 15 is 0 Å². The molecule has 2 aromatic rings. The van der Waals surface area contributed by atoms with Crippen LogP contribution in [0.25, 0.3) is 0 Å². The first-order chi connectivity index (χ1) is 12.8. The van der Waals surface area contributed by atoms with E-state index in [9.17, 15) is 5.11 Å². The Morgan fingerprint density at radius 1 is 1.22 bits per heavy atom. The van der Waals surface area contributed by atoms with E-state index < -0.39 is 6.10 Å². The molecule has 0 saturated carbocycles. The second-order valence-corrected chi connectivity index (χ2v) is 8.70. The molecule has 0 bridgehead atoms. The van der Waals surface area contributed by atoms with E-state index in [4.69, 9.17) is 0 Å². The molecule has 27 heavy (non-hydrogen) atoms.